The van der Waals surface area contributed by atoms with Crippen LogP contribution in [0.4, 0.5) is 0 Å². The normalized spacial score (nSPS) is 13.5. The van der Waals surface area contributed by atoms with Gasteiger partial charge < -0.3 is 10.1 Å². The molecule has 0 spiro atoms. The second-order valence-electron chi connectivity index (χ2n) is 2.94. The molecule has 0 fully saturated rings. The fourth-order valence-electron chi connectivity index (χ4n) is 0.901. The van der Waals surface area contributed by atoms with Crippen LogP contribution < -0.4 is 5.32 Å². The van der Waals surface area contributed by atoms with E-state index in [9.17, 15) is 0 Å². The summed E-state index contributed by atoms with van der Waals surface area (Å²) in [6.07, 6.45) is 2.45. The molecule has 0 aromatic heterocycles. The highest BCUT2D eigenvalue weighted by Crippen LogP contribution is 1.94. The maximum atomic E-state index is 5.50. The Hall–Kier alpha value is -0.340. The Morgan fingerprint density at radius 2 is 2.09 bits per heavy atom. The molecule has 0 heterocycles. The van der Waals surface area contributed by atoms with Gasteiger partial charge in [0.2, 0.25) is 0 Å². The van der Waals surface area contributed by atoms with E-state index in [1.165, 1.54) is 0 Å². The second kappa shape index (κ2) is 6.38. The van der Waals surface area contributed by atoms with E-state index < -0.39 is 0 Å². The predicted octanol–water partition coefficient (Wildman–Crippen LogP) is 1.58. The summed E-state index contributed by atoms with van der Waals surface area (Å²) in [5.41, 5.74) is 0. The summed E-state index contributed by atoms with van der Waals surface area (Å²) in [6.45, 7) is 11.5. The molecule has 0 aliphatic rings. The molecule has 2 heteroatoms. The third kappa shape index (κ3) is 7.56. The van der Waals surface area contributed by atoms with Crippen LogP contribution in [0.5, 0.6) is 0 Å². The first kappa shape index (κ1) is 10.7. The van der Waals surface area contributed by atoms with Gasteiger partial charge in [0.1, 0.15) is 0 Å². The van der Waals surface area contributed by atoms with Crippen molar-refractivity contribution in [2.45, 2.75) is 33.0 Å². The van der Waals surface area contributed by atoms with Gasteiger partial charge in [-0.25, -0.2) is 0 Å². The molecule has 0 aromatic rings. The first-order chi connectivity index (χ1) is 5.16. The van der Waals surface area contributed by atoms with Gasteiger partial charge in [-0.3, -0.25) is 0 Å². The monoisotopic (exact) mass is 157 g/mol. The molecular weight excluding hydrogens is 138 g/mol. The predicted molar refractivity (Wildman–Crippen MR) is 48.7 cm³/mol. The Morgan fingerprint density at radius 3 is 2.55 bits per heavy atom. The summed E-state index contributed by atoms with van der Waals surface area (Å²) in [5, 5.41) is 3.20. The molecule has 66 valence electrons. The fraction of sp³-hybridized carbons (Fsp3) is 0.778. The Bertz CT molecular complexity index is 102. The number of rotatable bonds is 6. The molecule has 0 rings (SSSR count). The maximum Gasteiger partial charge on any atom is 0.0674 e. The van der Waals surface area contributed by atoms with Crippen molar-refractivity contribution in [1.29, 1.82) is 0 Å². The molecule has 0 radical (unpaired) electrons. The van der Waals surface area contributed by atoms with E-state index in [1.54, 1.807) is 0 Å². The zero-order valence-corrected chi connectivity index (χ0v) is 7.76. The molecule has 1 unspecified atom stereocenters. The lowest BCUT2D eigenvalue weighted by Gasteiger charge is -2.15. The molecule has 0 amide bonds. The quantitative estimate of drug-likeness (QED) is 0.467. The summed E-state index contributed by atoms with van der Waals surface area (Å²) in [7, 11) is 0. The number of nitrogens with one attached hydrogen (secondary N) is 1. The smallest absolute Gasteiger partial charge is 0.0674 e. The van der Waals surface area contributed by atoms with Crippen molar-refractivity contribution < 1.29 is 4.74 Å². The number of hydrogen-bond donors (Lipinski definition) is 1. The van der Waals surface area contributed by atoms with Gasteiger partial charge in [-0.15, -0.1) is 6.58 Å². The average molecular weight is 157 g/mol. The van der Waals surface area contributed by atoms with E-state index in [0.717, 1.165) is 13.1 Å². The lowest BCUT2D eigenvalue weighted by molar-refractivity contribution is 0.0201. The molecule has 0 bridgehead atoms. The lowest BCUT2D eigenvalue weighted by Crippen LogP contribution is -2.28. The van der Waals surface area contributed by atoms with Crippen molar-refractivity contribution in [3.8, 4) is 0 Å². The Kier molecular flexibility index (Phi) is 6.18. The van der Waals surface area contributed by atoms with Crippen LogP contribution in [0, 0.1) is 0 Å². The van der Waals surface area contributed by atoms with Crippen LogP contribution in [0.3, 0.4) is 0 Å². The van der Waals surface area contributed by atoms with Crippen LogP contribution in [0.25, 0.3) is 0 Å². The van der Waals surface area contributed by atoms with Crippen LogP contribution >= 0.6 is 0 Å². The summed E-state index contributed by atoms with van der Waals surface area (Å²) in [5.74, 6) is 0. The van der Waals surface area contributed by atoms with Crippen LogP contribution in [0.1, 0.15) is 20.8 Å². The third-order valence-corrected chi connectivity index (χ3v) is 1.22. The zero-order chi connectivity index (χ0) is 8.69. The average Bonchev–Trinajstić information content (AvgIpc) is 1.86. The first-order valence-electron chi connectivity index (χ1n) is 4.14. The van der Waals surface area contributed by atoms with Crippen LogP contribution in [0.2, 0.25) is 0 Å². The number of hydrogen-bond acceptors (Lipinski definition) is 2. The van der Waals surface area contributed by atoms with Crippen molar-refractivity contribution in [2.24, 2.45) is 0 Å². The van der Waals surface area contributed by atoms with Gasteiger partial charge in [0.15, 0.2) is 0 Å². The van der Waals surface area contributed by atoms with Gasteiger partial charge in [-0.1, -0.05) is 6.08 Å². The minimum atomic E-state index is 0.287. The molecular formula is C9H19NO. The SMILES string of the molecule is C=CCNCC(C)OC(C)C. The van der Waals surface area contributed by atoms with Crippen LogP contribution in [0.15, 0.2) is 12.7 Å². The third-order valence-electron chi connectivity index (χ3n) is 1.22. The van der Waals surface area contributed by atoms with Gasteiger partial charge in [0.25, 0.3) is 0 Å². The zero-order valence-electron chi connectivity index (χ0n) is 7.76. The van der Waals surface area contributed by atoms with Crippen molar-refractivity contribution in [1.82, 2.24) is 5.32 Å². The Labute approximate surface area is 69.6 Å². The lowest BCUT2D eigenvalue weighted by atomic mass is 10.3. The highest BCUT2D eigenvalue weighted by molar-refractivity contribution is 4.70. The van der Waals surface area contributed by atoms with Gasteiger partial charge in [0.05, 0.1) is 12.2 Å². The molecule has 0 aliphatic heterocycles. The molecule has 0 aromatic carbocycles. The standard InChI is InChI=1S/C9H19NO/c1-5-6-10-7-9(4)11-8(2)3/h5,8-10H,1,6-7H2,2-4H3. The molecule has 0 saturated heterocycles. The number of ether oxygens (including phenoxy) is 1. The molecule has 1 atom stereocenters. The molecule has 11 heavy (non-hydrogen) atoms. The van der Waals surface area contributed by atoms with E-state index in [-0.39, 0.29) is 6.10 Å². The highest BCUT2D eigenvalue weighted by Gasteiger charge is 2.02. The fourth-order valence-corrected chi connectivity index (χ4v) is 0.901. The summed E-state index contributed by atoms with van der Waals surface area (Å²) in [6, 6.07) is 0. The van der Waals surface area contributed by atoms with Crippen molar-refractivity contribution in [3.63, 3.8) is 0 Å². The summed E-state index contributed by atoms with van der Waals surface area (Å²) >= 11 is 0. The van der Waals surface area contributed by atoms with Crippen LogP contribution in [-0.4, -0.2) is 25.3 Å². The highest BCUT2D eigenvalue weighted by atomic mass is 16.5. The maximum absolute atomic E-state index is 5.50. The Morgan fingerprint density at radius 1 is 1.45 bits per heavy atom. The van der Waals surface area contributed by atoms with Crippen molar-refractivity contribution in [3.05, 3.63) is 12.7 Å². The van der Waals surface area contributed by atoms with Gasteiger partial charge in [0, 0.05) is 13.1 Å². The minimum Gasteiger partial charge on any atom is -0.375 e. The van der Waals surface area contributed by atoms with E-state index in [4.69, 9.17) is 4.74 Å². The topological polar surface area (TPSA) is 21.3 Å². The Balaban J connectivity index is 3.21. The molecule has 0 saturated carbocycles. The van der Waals surface area contributed by atoms with E-state index in [1.807, 2.05) is 19.9 Å². The minimum absolute atomic E-state index is 0.287. The molecule has 0 aliphatic carbocycles. The van der Waals surface area contributed by atoms with Crippen molar-refractivity contribution >= 4 is 0 Å². The molecule has 1 N–H and O–H groups in total. The summed E-state index contributed by atoms with van der Waals surface area (Å²) < 4.78 is 5.50. The van der Waals surface area contributed by atoms with E-state index in [2.05, 4.69) is 18.8 Å². The second-order valence-corrected chi connectivity index (χ2v) is 2.94. The summed E-state index contributed by atoms with van der Waals surface area (Å²) in [4.78, 5) is 0. The van der Waals surface area contributed by atoms with Crippen molar-refractivity contribution in [2.75, 3.05) is 13.1 Å². The van der Waals surface area contributed by atoms with Gasteiger partial charge in [-0.2, -0.15) is 0 Å². The largest absolute Gasteiger partial charge is 0.375 e. The first-order valence-corrected chi connectivity index (χ1v) is 4.14. The van der Waals surface area contributed by atoms with Gasteiger partial charge >= 0.3 is 0 Å². The van der Waals surface area contributed by atoms with E-state index in [0.29, 0.717) is 6.10 Å². The van der Waals surface area contributed by atoms with Crippen LogP contribution in [-0.2, 0) is 4.74 Å². The van der Waals surface area contributed by atoms with E-state index >= 15 is 0 Å². The molecule has 2 nitrogen and oxygen atoms in total. The van der Waals surface area contributed by atoms with Gasteiger partial charge in [-0.05, 0) is 20.8 Å².